The van der Waals surface area contributed by atoms with Crippen LogP contribution in [0.5, 0.6) is 0 Å². The van der Waals surface area contributed by atoms with Gasteiger partial charge in [-0.25, -0.2) is 0 Å². The van der Waals surface area contributed by atoms with Gasteiger partial charge in [0, 0.05) is 38.3 Å². The lowest BCUT2D eigenvalue weighted by atomic mass is 10.2. The second-order valence-corrected chi connectivity index (χ2v) is 5.83. The van der Waals surface area contributed by atoms with Gasteiger partial charge in [-0.05, 0) is 30.8 Å². The molecule has 1 atom stereocenters. The van der Waals surface area contributed by atoms with Crippen LogP contribution in [-0.2, 0) is 4.79 Å². The van der Waals surface area contributed by atoms with Crippen LogP contribution in [0, 0.1) is 0 Å². The first-order chi connectivity index (χ1) is 11.6. The fourth-order valence-electron chi connectivity index (χ4n) is 2.59. The third-order valence-corrected chi connectivity index (χ3v) is 3.92. The summed E-state index contributed by atoms with van der Waals surface area (Å²) in [6, 6.07) is 7.67. The van der Waals surface area contributed by atoms with E-state index in [1.54, 1.807) is 6.08 Å². The minimum atomic E-state index is -0.0844. The summed E-state index contributed by atoms with van der Waals surface area (Å²) in [7, 11) is 2.06. The zero-order valence-electron chi connectivity index (χ0n) is 14.2. The molecule has 2 N–H and O–H groups in total. The smallest absolute Gasteiger partial charge is 0.250 e. The molecule has 1 amide bonds. The summed E-state index contributed by atoms with van der Waals surface area (Å²) < 4.78 is 5.30. The standard InChI is InChI=1S/C17H21N5O2.ClH/c1-12(23)19-14-6-3-13(4-7-14)5-8-16-20-17(21-24-16)15-11-18-9-10-22(15)2;/h3-8,15,18H,9-11H2,1-2H3,(H,19,23);1H/b8-5+;. The first-order valence-corrected chi connectivity index (χ1v) is 7.92. The van der Waals surface area contributed by atoms with Crippen LogP contribution in [0.1, 0.15) is 30.2 Å². The van der Waals surface area contributed by atoms with E-state index >= 15 is 0 Å². The van der Waals surface area contributed by atoms with Gasteiger partial charge >= 0.3 is 0 Å². The molecule has 1 saturated heterocycles. The van der Waals surface area contributed by atoms with Crippen LogP contribution in [0.15, 0.2) is 28.8 Å². The van der Waals surface area contributed by atoms with E-state index in [2.05, 4.69) is 32.7 Å². The Morgan fingerprint density at radius 3 is 2.80 bits per heavy atom. The van der Waals surface area contributed by atoms with Crippen LogP contribution in [0.2, 0.25) is 0 Å². The third kappa shape index (κ3) is 5.12. The van der Waals surface area contributed by atoms with E-state index in [9.17, 15) is 4.79 Å². The summed E-state index contributed by atoms with van der Waals surface area (Å²) >= 11 is 0. The van der Waals surface area contributed by atoms with Gasteiger partial charge in [0.25, 0.3) is 5.89 Å². The maximum atomic E-state index is 11.0. The van der Waals surface area contributed by atoms with E-state index in [1.807, 2.05) is 30.3 Å². The highest BCUT2D eigenvalue weighted by Gasteiger charge is 2.24. The highest BCUT2D eigenvalue weighted by atomic mass is 35.5. The SMILES string of the molecule is CC(=O)Nc1ccc(/C=C/c2nc(C3CNCCN3C)no2)cc1.Cl. The van der Waals surface area contributed by atoms with Crippen molar-refractivity contribution in [3.63, 3.8) is 0 Å². The van der Waals surface area contributed by atoms with Crippen molar-refractivity contribution >= 4 is 36.2 Å². The molecule has 0 aliphatic carbocycles. The normalized spacial score (nSPS) is 18.1. The number of aromatic nitrogens is 2. The number of nitrogens with one attached hydrogen (secondary N) is 2. The molecule has 2 heterocycles. The van der Waals surface area contributed by atoms with Gasteiger partial charge in [0.05, 0.1) is 6.04 Å². The van der Waals surface area contributed by atoms with Crippen molar-refractivity contribution in [3.8, 4) is 0 Å². The molecule has 1 aliphatic rings. The van der Waals surface area contributed by atoms with Crippen LogP contribution < -0.4 is 10.6 Å². The van der Waals surface area contributed by atoms with Crippen LogP contribution in [0.4, 0.5) is 5.69 Å². The number of piperazine rings is 1. The van der Waals surface area contributed by atoms with Gasteiger partial charge in [0.15, 0.2) is 5.82 Å². The van der Waals surface area contributed by atoms with Gasteiger partial charge < -0.3 is 15.2 Å². The van der Waals surface area contributed by atoms with E-state index < -0.39 is 0 Å². The Bertz CT molecular complexity index is 729. The van der Waals surface area contributed by atoms with Gasteiger partial charge in [-0.1, -0.05) is 17.3 Å². The summed E-state index contributed by atoms with van der Waals surface area (Å²) in [5.74, 6) is 1.10. The van der Waals surface area contributed by atoms with Gasteiger partial charge in [-0.15, -0.1) is 12.4 Å². The van der Waals surface area contributed by atoms with Gasteiger partial charge in [-0.3, -0.25) is 9.69 Å². The quantitative estimate of drug-likeness (QED) is 0.866. The molecule has 0 bridgehead atoms. The molecule has 3 rings (SSSR count). The Balaban J connectivity index is 0.00000225. The largest absolute Gasteiger partial charge is 0.335 e. The number of amides is 1. The lowest BCUT2D eigenvalue weighted by molar-refractivity contribution is -0.114. The van der Waals surface area contributed by atoms with Crippen molar-refractivity contribution < 1.29 is 9.32 Å². The predicted octanol–water partition coefficient (Wildman–Crippen LogP) is 2.20. The summed E-state index contributed by atoms with van der Waals surface area (Å²) in [5.41, 5.74) is 1.76. The number of likely N-dealkylation sites (N-methyl/N-ethyl adjacent to an activating group) is 1. The molecule has 8 heteroatoms. The molecular formula is C17H22ClN5O2. The van der Waals surface area contributed by atoms with Crippen molar-refractivity contribution in [3.05, 3.63) is 41.5 Å². The van der Waals surface area contributed by atoms with Crippen LogP contribution in [-0.4, -0.2) is 47.6 Å². The number of hydrogen-bond acceptors (Lipinski definition) is 6. The minimum Gasteiger partial charge on any atom is -0.335 e. The molecular weight excluding hydrogens is 342 g/mol. The summed E-state index contributed by atoms with van der Waals surface area (Å²) in [6.07, 6.45) is 3.69. The average molecular weight is 364 g/mol. The maximum Gasteiger partial charge on any atom is 0.250 e. The molecule has 7 nitrogen and oxygen atoms in total. The molecule has 134 valence electrons. The highest BCUT2D eigenvalue weighted by molar-refractivity contribution is 5.88. The highest BCUT2D eigenvalue weighted by Crippen LogP contribution is 2.18. The number of benzene rings is 1. The Kier molecular flexibility index (Phi) is 6.69. The monoisotopic (exact) mass is 363 g/mol. The number of nitrogens with zero attached hydrogens (tertiary/aromatic N) is 3. The summed E-state index contributed by atoms with van der Waals surface area (Å²) in [4.78, 5) is 17.7. The molecule has 1 aliphatic heterocycles. The Hall–Kier alpha value is -2.22. The molecule has 2 aromatic rings. The van der Waals surface area contributed by atoms with E-state index in [0.717, 1.165) is 30.9 Å². The zero-order valence-corrected chi connectivity index (χ0v) is 15.0. The third-order valence-electron chi connectivity index (χ3n) is 3.92. The lowest BCUT2D eigenvalue weighted by Gasteiger charge is -2.30. The van der Waals surface area contributed by atoms with E-state index in [0.29, 0.717) is 11.7 Å². The number of anilines is 1. The molecule has 1 aromatic heterocycles. The van der Waals surface area contributed by atoms with Crippen molar-refractivity contribution in [2.24, 2.45) is 0 Å². The fourth-order valence-corrected chi connectivity index (χ4v) is 2.59. The van der Waals surface area contributed by atoms with Crippen molar-refractivity contribution in [2.75, 3.05) is 32.0 Å². The Morgan fingerprint density at radius 2 is 2.12 bits per heavy atom. The number of rotatable bonds is 4. The first-order valence-electron chi connectivity index (χ1n) is 7.92. The molecule has 0 radical (unpaired) electrons. The van der Waals surface area contributed by atoms with Crippen LogP contribution >= 0.6 is 12.4 Å². The average Bonchev–Trinajstić information content (AvgIpc) is 3.03. The number of carbonyl (C=O) groups is 1. The van der Waals surface area contributed by atoms with Crippen molar-refractivity contribution in [1.82, 2.24) is 20.4 Å². The van der Waals surface area contributed by atoms with Crippen molar-refractivity contribution in [2.45, 2.75) is 13.0 Å². The van der Waals surface area contributed by atoms with E-state index in [-0.39, 0.29) is 24.4 Å². The number of hydrogen-bond donors (Lipinski definition) is 2. The topological polar surface area (TPSA) is 83.3 Å². The van der Waals surface area contributed by atoms with Gasteiger partial charge in [0.2, 0.25) is 5.91 Å². The number of halogens is 1. The van der Waals surface area contributed by atoms with Crippen LogP contribution in [0.25, 0.3) is 12.2 Å². The second-order valence-electron chi connectivity index (χ2n) is 5.83. The zero-order chi connectivity index (χ0) is 16.9. The number of carbonyl (C=O) groups excluding carboxylic acids is 1. The maximum absolute atomic E-state index is 11.0. The van der Waals surface area contributed by atoms with Crippen LogP contribution in [0.3, 0.4) is 0 Å². The van der Waals surface area contributed by atoms with Crippen molar-refractivity contribution in [1.29, 1.82) is 0 Å². The lowest BCUT2D eigenvalue weighted by Crippen LogP contribution is -2.44. The molecule has 1 fully saturated rings. The molecule has 0 spiro atoms. The van der Waals surface area contributed by atoms with E-state index in [4.69, 9.17) is 4.52 Å². The Morgan fingerprint density at radius 1 is 1.36 bits per heavy atom. The summed E-state index contributed by atoms with van der Waals surface area (Å²) in [5, 5.41) is 10.2. The first kappa shape index (κ1) is 19.1. The fraction of sp³-hybridized carbons (Fsp3) is 0.353. The van der Waals surface area contributed by atoms with Gasteiger partial charge in [-0.2, -0.15) is 4.98 Å². The Labute approximate surface area is 152 Å². The molecule has 0 saturated carbocycles. The molecule has 25 heavy (non-hydrogen) atoms. The van der Waals surface area contributed by atoms with Gasteiger partial charge in [0.1, 0.15) is 0 Å². The summed E-state index contributed by atoms with van der Waals surface area (Å²) in [6.45, 7) is 4.25. The molecule has 1 aromatic carbocycles. The van der Waals surface area contributed by atoms with E-state index in [1.165, 1.54) is 6.92 Å². The molecule has 1 unspecified atom stereocenters. The predicted molar refractivity (Wildman–Crippen MR) is 99.5 cm³/mol. The minimum absolute atomic E-state index is 0. The second kappa shape index (κ2) is 8.75.